The Bertz CT molecular complexity index is 287. The molecule has 0 aliphatic carbocycles. The van der Waals surface area contributed by atoms with Crippen molar-refractivity contribution in [2.75, 3.05) is 32.8 Å². The Hall–Kier alpha value is -1.62. The lowest BCUT2D eigenvalue weighted by Crippen LogP contribution is -2.34. The molecular weight excluding hydrogens is 246 g/mol. The Morgan fingerprint density at radius 3 is 1.79 bits per heavy atom. The standard InChI is InChI=1S/C14H23NO4/c1-5-13(16)18-9-7-15(11-12(3)4)8-10-19-14(17)6-2/h5-6,12H,1-2,7-11H2,3-4H3. The van der Waals surface area contributed by atoms with Gasteiger partial charge in [0.25, 0.3) is 0 Å². The fourth-order valence-corrected chi connectivity index (χ4v) is 1.48. The maximum Gasteiger partial charge on any atom is 0.330 e. The minimum absolute atomic E-state index is 0.299. The molecule has 0 amide bonds. The Labute approximate surface area is 114 Å². The third-order valence-electron chi connectivity index (χ3n) is 2.26. The summed E-state index contributed by atoms with van der Waals surface area (Å²) in [4.78, 5) is 23.9. The Morgan fingerprint density at radius 1 is 1.05 bits per heavy atom. The first-order valence-electron chi connectivity index (χ1n) is 6.30. The second-order valence-electron chi connectivity index (χ2n) is 4.44. The third-order valence-corrected chi connectivity index (χ3v) is 2.26. The SMILES string of the molecule is C=CC(=O)OCCN(CCOC(=O)C=C)CC(C)C. The molecule has 0 aromatic heterocycles. The van der Waals surface area contributed by atoms with Crippen molar-refractivity contribution >= 4 is 11.9 Å². The van der Waals surface area contributed by atoms with Crippen molar-refractivity contribution in [3.05, 3.63) is 25.3 Å². The summed E-state index contributed by atoms with van der Waals surface area (Å²) in [6, 6.07) is 0. The van der Waals surface area contributed by atoms with Gasteiger partial charge < -0.3 is 9.47 Å². The van der Waals surface area contributed by atoms with E-state index >= 15 is 0 Å². The summed E-state index contributed by atoms with van der Waals surface area (Å²) in [5.74, 6) is -0.379. The van der Waals surface area contributed by atoms with Crippen molar-refractivity contribution in [2.45, 2.75) is 13.8 Å². The molecule has 0 fully saturated rings. The van der Waals surface area contributed by atoms with Crippen molar-refractivity contribution < 1.29 is 19.1 Å². The smallest absolute Gasteiger partial charge is 0.330 e. The number of nitrogens with zero attached hydrogens (tertiary/aromatic N) is 1. The van der Waals surface area contributed by atoms with Gasteiger partial charge in [0.2, 0.25) is 0 Å². The first kappa shape index (κ1) is 17.4. The quantitative estimate of drug-likeness (QED) is 0.443. The van der Waals surface area contributed by atoms with Crippen LogP contribution in [0, 0.1) is 5.92 Å². The highest BCUT2D eigenvalue weighted by molar-refractivity contribution is 5.81. The molecule has 0 aromatic rings. The zero-order chi connectivity index (χ0) is 14.7. The number of hydrogen-bond donors (Lipinski definition) is 0. The molecule has 0 heterocycles. The van der Waals surface area contributed by atoms with E-state index in [9.17, 15) is 9.59 Å². The van der Waals surface area contributed by atoms with E-state index in [1.165, 1.54) is 0 Å². The van der Waals surface area contributed by atoms with E-state index in [0.29, 0.717) is 32.2 Å². The Morgan fingerprint density at radius 2 is 1.47 bits per heavy atom. The lowest BCUT2D eigenvalue weighted by molar-refractivity contribution is -0.138. The van der Waals surface area contributed by atoms with Crippen LogP contribution in [0.3, 0.4) is 0 Å². The van der Waals surface area contributed by atoms with Gasteiger partial charge in [-0.05, 0) is 5.92 Å². The largest absolute Gasteiger partial charge is 0.461 e. The number of carbonyl (C=O) groups excluding carboxylic acids is 2. The van der Waals surface area contributed by atoms with Crippen LogP contribution in [0.1, 0.15) is 13.8 Å². The summed E-state index contributed by atoms with van der Waals surface area (Å²) in [5.41, 5.74) is 0. The summed E-state index contributed by atoms with van der Waals surface area (Å²) in [7, 11) is 0. The van der Waals surface area contributed by atoms with E-state index in [4.69, 9.17) is 9.47 Å². The lowest BCUT2D eigenvalue weighted by atomic mass is 10.2. The van der Waals surface area contributed by atoms with Crippen molar-refractivity contribution in [1.29, 1.82) is 0 Å². The van der Waals surface area contributed by atoms with Gasteiger partial charge in [-0.15, -0.1) is 0 Å². The Balaban J connectivity index is 4.00. The maximum atomic E-state index is 10.9. The fourth-order valence-electron chi connectivity index (χ4n) is 1.48. The van der Waals surface area contributed by atoms with Crippen LogP contribution in [0.25, 0.3) is 0 Å². The number of ether oxygens (including phenoxy) is 2. The van der Waals surface area contributed by atoms with Crippen molar-refractivity contribution in [2.24, 2.45) is 5.92 Å². The second-order valence-corrected chi connectivity index (χ2v) is 4.44. The monoisotopic (exact) mass is 269 g/mol. The molecule has 0 N–H and O–H groups in total. The van der Waals surface area contributed by atoms with Crippen LogP contribution in [0.15, 0.2) is 25.3 Å². The van der Waals surface area contributed by atoms with Crippen LogP contribution in [0.4, 0.5) is 0 Å². The van der Waals surface area contributed by atoms with Crippen molar-refractivity contribution in [3.63, 3.8) is 0 Å². The molecule has 0 rings (SSSR count). The molecule has 0 aliphatic heterocycles. The first-order chi connectivity index (χ1) is 8.99. The van der Waals surface area contributed by atoms with Gasteiger partial charge in [-0.2, -0.15) is 0 Å². The number of hydrogen-bond acceptors (Lipinski definition) is 5. The average Bonchev–Trinajstić information content (AvgIpc) is 2.37. The summed E-state index contributed by atoms with van der Waals surface area (Å²) < 4.78 is 9.86. The molecule has 0 aromatic carbocycles. The molecule has 0 atom stereocenters. The minimum atomic E-state index is -0.428. The van der Waals surface area contributed by atoms with E-state index in [2.05, 4.69) is 31.9 Å². The van der Waals surface area contributed by atoms with Gasteiger partial charge in [-0.3, -0.25) is 4.90 Å². The van der Waals surface area contributed by atoms with Crippen LogP contribution in [-0.2, 0) is 19.1 Å². The third kappa shape index (κ3) is 10.0. The molecule has 5 nitrogen and oxygen atoms in total. The predicted octanol–water partition coefficient (Wildman–Crippen LogP) is 1.40. The second kappa shape index (κ2) is 10.3. The average molecular weight is 269 g/mol. The van der Waals surface area contributed by atoms with E-state index < -0.39 is 11.9 Å². The van der Waals surface area contributed by atoms with E-state index in [1.807, 2.05) is 0 Å². The summed E-state index contributed by atoms with van der Waals surface area (Å²) in [6.07, 6.45) is 2.28. The summed E-state index contributed by atoms with van der Waals surface area (Å²) in [5, 5.41) is 0. The number of rotatable bonds is 10. The summed E-state index contributed by atoms with van der Waals surface area (Å²) >= 11 is 0. The van der Waals surface area contributed by atoms with Crippen molar-refractivity contribution in [3.8, 4) is 0 Å². The zero-order valence-corrected chi connectivity index (χ0v) is 11.8. The van der Waals surface area contributed by atoms with Crippen LogP contribution in [-0.4, -0.2) is 49.7 Å². The topological polar surface area (TPSA) is 55.8 Å². The molecule has 5 heteroatoms. The molecule has 0 bridgehead atoms. The number of carbonyl (C=O) groups is 2. The molecule has 19 heavy (non-hydrogen) atoms. The Kier molecular flexibility index (Phi) is 9.44. The van der Waals surface area contributed by atoms with Crippen LogP contribution >= 0.6 is 0 Å². The van der Waals surface area contributed by atoms with Crippen LogP contribution in [0.5, 0.6) is 0 Å². The number of esters is 2. The zero-order valence-electron chi connectivity index (χ0n) is 11.8. The van der Waals surface area contributed by atoms with Gasteiger partial charge in [0.05, 0.1) is 0 Å². The summed E-state index contributed by atoms with van der Waals surface area (Å²) in [6.45, 7) is 13.5. The van der Waals surface area contributed by atoms with Crippen molar-refractivity contribution in [1.82, 2.24) is 4.90 Å². The van der Waals surface area contributed by atoms with E-state index in [-0.39, 0.29) is 0 Å². The molecule has 108 valence electrons. The van der Waals surface area contributed by atoms with E-state index in [0.717, 1.165) is 18.7 Å². The lowest BCUT2D eigenvalue weighted by Gasteiger charge is -2.23. The van der Waals surface area contributed by atoms with Gasteiger partial charge in [0, 0.05) is 31.8 Å². The predicted molar refractivity (Wildman–Crippen MR) is 73.6 cm³/mol. The first-order valence-corrected chi connectivity index (χ1v) is 6.30. The van der Waals surface area contributed by atoms with Crippen LogP contribution < -0.4 is 0 Å². The van der Waals surface area contributed by atoms with Gasteiger partial charge in [0.15, 0.2) is 0 Å². The van der Waals surface area contributed by atoms with Gasteiger partial charge >= 0.3 is 11.9 Å². The fraction of sp³-hybridized carbons (Fsp3) is 0.571. The highest BCUT2D eigenvalue weighted by atomic mass is 16.5. The maximum absolute atomic E-state index is 10.9. The highest BCUT2D eigenvalue weighted by Gasteiger charge is 2.09. The van der Waals surface area contributed by atoms with Gasteiger partial charge in [0.1, 0.15) is 13.2 Å². The van der Waals surface area contributed by atoms with Gasteiger partial charge in [-0.1, -0.05) is 27.0 Å². The molecule has 0 spiro atoms. The molecule has 0 unspecified atom stereocenters. The normalized spacial score (nSPS) is 10.3. The van der Waals surface area contributed by atoms with E-state index in [1.54, 1.807) is 0 Å². The molecule has 0 saturated carbocycles. The van der Waals surface area contributed by atoms with Gasteiger partial charge in [-0.25, -0.2) is 9.59 Å². The van der Waals surface area contributed by atoms with Crippen LogP contribution in [0.2, 0.25) is 0 Å². The minimum Gasteiger partial charge on any atom is -0.461 e. The molecule has 0 radical (unpaired) electrons. The molecule has 0 aliphatic rings. The molecule has 0 saturated heterocycles. The molecular formula is C14H23NO4. The highest BCUT2D eigenvalue weighted by Crippen LogP contribution is 1.99.